The topological polar surface area (TPSA) is 34.2 Å². The zero-order valence-corrected chi connectivity index (χ0v) is 13.1. The van der Waals surface area contributed by atoms with Gasteiger partial charge >= 0.3 is 0 Å². The molecule has 1 aliphatic rings. The standard InChI is InChI=1S/C17H28N2O/c1-4-10-19-16(15-11-14(3)12-18-13-15)17(20-5-2)8-6-7-9-17/h11-13,16,19H,4-10H2,1-3H3. The molecule has 0 amide bonds. The normalized spacial score (nSPS) is 19.1. The molecule has 1 unspecified atom stereocenters. The Bertz CT molecular complexity index is 413. The van der Waals surface area contributed by atoms with Crippen LogP contribution in [0.1, 0.15) is 63.1 Å². The quantitative estimate of drug-likeness (QED) is 0.823. The molecular weight excluding hydrogens is 248 g/mol. The number of nitrogens with one attached hydrogen (secondary N) is 1. The van der Waals surface area contributed by atoms with E-state index in [1.165, 1.54) is 24.0 Å². The summed E-state index contributed by atoms with van der Waals surface area (Å²) in [4.78, 5) is 4.38. The lowest BCUT2D eigenvalue weighted by Crippen LogP contribution is -2.44. The minimum absolute atomic E-state index is 0.0423. The molecule has 2 rings (SSSR count). The van der Waals surface area contributed by atoms with Gasteiger partial charge in [-0.3, -0.25) is 4.98 Å². The van der Waals surface area contributed by atoms with Crippen LogP contribution in [-0.2, 0) is 4.74 Å². The largest absolute Gasteiger partial charge is 0.373 e. The fourth-order valence-electron chi connectivity index (χ4n) is 3.41. The fourth-order valence-corrected chi connectivity index (χ4v) is 3.41. The zero-order chi connectivity index (χ0) is 14.4. The Balaban J connectivity index is 2.30. The van der Waals surface area contributed by atoms with Crippen LogP contribution in [0.4, 0.5) is 0 Å². The first-order valence-corrected chi connectivity index (χ1v) is 8.00. The van der Waals surface area contributed by atoms with Gasteiger partial charge in [-0.05, 0) is 50.8 Å². The molecule has 1 aromatic rings. The Kier molecular flexibility index (Phi) is 5.55. The summed E-state index contributed by atoms with van der Waals surface area (Å²) >= 11 is 0. The summed E-state index contributed by atoms with van der Waals surface area (Å²) in [6.07, 6.45) is 9.89. The van der Waals surface area contributed by atoms with Crippen molar-refractivity contribution in [3.05, 3.63) is 29.6 Å². The molecule has 1 aromatic heterocycles. The molecule has 1 saturated carbocycles. The van der Waals surface area contributed by atoms with Crippen molar-refractivity contribution in [1.82, 2.24) is 10.3 Å². The second-order valence-electron chi connectivity index (χ2n) is 5.89. The molecule has 0 radical (unpaired) electrons. The number of pyridine rings is 1. The van der Waals surface area contributed by atoms with Crippen molar-refractivity contribution in [2.75, 3.05) is 13.2 Å². The SMILES string of the molecule is CCCNC(c1cncc(C)c1)C1(OCC)CCCC1. The minimum atomic E-state index is -0.0423. The maximum atomic E-state index is 6.25. The van der Waals surface area contributed by atoms with E-state index in [9.17, 15) is 0 Å². The van der Waals surface area contributed by atoms with Crippen molar-refractivity contribution in [2.45, 2.75) is 64.5 Å². The smallest absolute Gasteiger partial charge is 0.0876 e. The van der Waals surface area contributed by atoms with Gasteiger partial charge in [0.2, 0.25) is 0 Å². The molecule has 1 N–H and O–H groups in total. The zero-order valence-electron chi connectivity index (χ0n) is 13.1. The van der Waals surface area contributed by atoms with E-state index >= 15 is 0 Å². The van der Waals surface area contributed by atoms with Crippen molar-refractivity contribution in [2.24, 2.45) is 0 Å². The van der Waals surface area contributed by atoms with Crippen LogP contribution in [0.25, 0.3) is 0 Å². The van der Waals surface area contributed by atoms with Crippen LogP contribution in [0, 0.1) is 6.92 Å². The maximum absolute atomic E-state index is 6.25. The number of hydrogen-bond donors (Lipinski definition) is 1. The molecule has 3 nitrogen and oxygen atoms in total. The second kappa shape index (κ2) is 7.19. The van der Waals surface area contributed by atoms with Gasteiger partial charge in [-0.15, -0.1) is 0 Å². The van der Waals surface area contributed by atoms with E-state index in [1.54, 1.807) is 0 Å². The third-order valence-corrected chi connectivity index (χ3v) is 4.24. The average molecular weight is 276 g/mol. The third kappa shape index (κ3) is 3.39. The molecule has 1 atom stereocenters. The third-order valence-electron chi connectivity index (χ3n) is 4.24. The van der Waals surface area contributed by atoms with Gasteiger partial charge in [0.05, 0.1) is 11.6 Å². The van der Waals surface area contributed by atoms with E-state index in [0.29, 0.717) is 0 Å². The lowest BCUT2D eigenvalue weighted by atomic mass is 9.86. The number of nitrogens with zero attached hydrogens (tertiary/aromatic N) is 1. The maximum Gasteiger partial charge on any atom is 0.0876 e. The van der Waals surface area contributed by atoms with Gasteiger partial charge in [0.1, 0.15) is 0 Å². The lowest BCUT2D eigenvalue weighted by molar-refractivity contribution is -0.0626. The highest BCUT2D eigenvalue weighted by Crippen LogP contribution is 2.43. The Morgan fingerprint density at radius 2 is 2.05 bits per heavy atom. The average Bonchev–Trinajstić information content (AvgIpc) is 2.89. The summed E-state index contributed by atoms with van der Waals surface area (Å²) in [7, 11) is 0. The highest BCUT2D eigenvalue weighted by molar-refractivity contribution is 5.24. The Morgan fingerprint density at radius 3 is 2.65 bits per heavy atom. The Morgan fingerprint density at radius 1 is 1.30 bits per heavy atom. The van der Waals surface area contributed by atoms with E-state index in [0.717, 1.165) is 32.4 Å². The number of aryl methyl sites for hydroxylation is 1. The highest BCUT2D eigenvalue weighted by Gasteiger charge is 2.42. The molecule has 20 heavy (non-hydrogen) atoms. The Hall–Kier alpha value is -0.930. The molecule has 1 fully saturated rings. The molecular formula is C17H28N2O. The molecule has 0 aliphatic heterocycles. The van der Waals surface area contributed by atoms with Crippen molar-refractivity contribution in [1.29, 1.82) is 0 Å². The van der Waals surface area contributed by atoms with Crippen LogP contribution < -0.4 is 5.32 Å². The molecule has 0 bridgehead atoms. The van der Waals surface area contributed by atoms with Gasteiger partial charge in [-0.25, -0.2) is 0 Å². The van der Waals surface area contributed by atoms with Gasteiger partial charge in [-0.2, -0.15) is 0 Å². The Labute approximate surface area is 123 Å². The van der Waals surface area contributed by atoms with Crippen molar-refractivity contribution >= 4 is 0 Å². The molecule has 1 heterocycles. The van der Waals surface area contributed by atoms with Gasteiger partial charge in [0.15, 0.2) is 0 Å². The molecule has 3 heteroatoms. The number of ether oxygens (including phenoxy) is 1. The molecule has 0 aromatic carbocycles. The predicted molar refractivity (Wildman–Crippen MR) is 82.8 cm³/mol. The van der Waals surface area contributed by atoms with E-state index in [2.05, 4.69) is 37.1 Å². The van der Waals surface area contributed by atoms with E-state index in [1.807, 2.05) is 12.4 Å². The van der Waals surface area contributed by atoms with Gasteiger partial charge in [0.25, 0.3) is 0 Å². The number of hydrogen-bond acceptors (Lipinski definition) is 3. The molecule has 1 aliphatic carbocycles. The first kappa shape index (κ1) is 15.5. The van der Waals surface area contributed by atoms with E-state index in [-0.39, 0.29) is 11.6 Å². The second-order valence-corrected chi connectivity index (χ2v) is 5.89. The van der Waals surface area contributed by atoms with Crippen LogP contribution in [0.15, 0.2) is 18.5 Å². The van der Waals surface area contributed by atoms with Crippen LogP contribution >= 0.6 is 0 Å². The van der Waals surface area contributed by atoms with Crippen molar-refractivity contribution in [3.63, 3.8) is 0 Å². The lowest BCUT2D eigenvalue weighted by Gasteiger charge is -2.38. The summed E-state index contributed by atoms with van der Waals surface area (Å²) in [5.41, 5.74) is 2.45. The fraction of sp³-hybridized carbons (Fsp3) is 0.706. The predicted octanol–water partition coefficient (Wildman–Crippen LogP) is 3.78. The first-order chi connectivity index (χ1) is 9.72. The summed E-state index contributed by atoms with van der Waals surface area (Å²) < 4.78 is 6.25. The summed E-state index contributed by atoms with van der Waals surface area (Å²) in [5.74, 6) is 0. The molecule has 112 valence electrons. The van der Waals surface area contributed by atoms with Gasteiger partial charge < -0.3 is 10.1 Å². The highest BCUT2D eigenvalue weighted by atomic mass is 16.5. The van der Waals surface area contributed by atoms with E-state index in [4.69, 9.17) is 4.74 Å². The van der Waals surface area contributed by atoms with Crippen LogP contribution in [0.5, 0.6) is 0 Å². The van der Waals surface area contributed by atoms with Crippen LogP contribution in [-0.4, -0.2) is 23.7 Å². The minimum Gasteiger partial charge on any atom is -0.373 e. The van der Waals surface area contributed by atoms with Gasteiger partial charge in [0, 0.05) is 19.0 Å². The molecule has 0 saturated heterocycles. The van der Waals surface area contributed by atoms with Crippen LogP contribution in [0.3, 0.4) is 0 Å². The van der Waals surface area contributed by atoms with Crippen molar-refractivity contribution in [3.8, 4) is 0 Å². The monoisotopic (exact) mass is 276 g/mol. The van der Waals surface area contributed by atoms with E-state index < -0.39 is 0 Å². The number of aromatic nitrogens is 1. The first-order valence-electron chi connectivity index (χ1n) is 8.00. The van der Waals surface area contributed by atoms with Crippen molar-refractivity contribution < 1.29 is 4.74 Å². The number of rotatable bonds is 7. The summed E-state index contributed by atoms with van der Waals surface area (Å²) in [6, 6.07) is 2.51. The summed E-state index contributed by atoms with van der Waals surface area (Å²) in [6.45, 7) is 8.22. The molecule has 0 spiro atoms. The van der Waals surface area contributed by atoms with Crippen LogP contribution in [0.2, 0.25) is 0 Å². The van der Waals surface area contributed by atoms with Gasteiger partial charge in [-0.1, -0.05) is 25.8 Å². The summed E-state index contributed by atoms with van der Waals surface area (Å²) in [5, 5.41) is 3.72.